The van der Waals surface area contributed by atoms with Gasteiger partial charge >= 0.3 is 0 Å². The maximum Gasteiger partial charge on any atom is 0.289 e. The third kappa shape index (κ3) is 3.38. The van der Waals surface area contributed by atoms with Crippen molar-refractivity contribution in [2.75, 3.05) is 0 Å². The van der Waals surface area contributed by atoms with Gasteiger partial charge in [0.1, 0.15) is 5.69 Å². The number of hydrogen-bond donors (Lipinski definition) is 3. The van der Waals surface area contributed by atoms with Crippen LogP contribution in [0.25, 0.3) is 11.3 Å². The second-order valence-corrected chi connectivity index (χ2v) is 6.17. The first-order valence-corrected chi connectivity index (χ1v) is 8.44. The van der Waals surface area contributed by atoms with Crippen LogP contribution in [0.4, 0.5) is 0 Å². The van der Waals surface area contributed by atoms with E-state index < -0.39 is 0 Å². The molecule has 126 valence electrons. The number of carbonyl (C=O) groups is 1. The van der Waals surface area contributed by atoms with E-state index in [9.17, 15) is 4.79 Å². The molecular weight excluding hydrogens is 314 g/mol. The summed E-state index contributed by atoms with van der Waals surface area (Å²) >= 11 is 0. The van der Waals surface area contributed by atoms with Gasteiger partial charge in [0.05, 0.1) is 17.6 Å². The molecule has 0 spiro atoms. The number of nitrogens with zero attached hydrogens (tertiary/aromatic N) is 2. The minimum absolute atomic E-state index is 0.317. The third-order valence-electron chi connectivity index (χ3n) is 4.40. The normalized spacial score (nSPS) is 13.8. The number of hydrogen-bond acceptors (Lipinski definition) is 3. The summed E-state index contributed by atoms with van der Waals surface area (Å²) in [5.41, 5.74) is 8.17. The third-order valence-corrected chi connectivity index (χ3v) is 4.40. The van der Waals surface area contributed by atoms with Crippen LogP contribution in [0.3, 0.4) is 0 Å². The van der Waals surface area contributed by atoms with Crippen molar-refractivity contribution in [1.29, 1.82) is 0 Å². The zero-order chi connectivity index (χ0) is 17.1. The van der Waals surface area contributed by atoms with Gasteiger partial charge in [0.25, 0.3) is 5.91 Å². The molecule has 3 aromatic rings. The van der Waals surface area contributed by atoms with Crippen LogP contribution in [0.1, 0.15) is 40.3 Å². The van der Waals surface area contributed by atoms with Gasteiger partial charge in [-0.15, -0.1) is 0 Å². The molecule has 0 aliphatic heterocycles. The van der Waals surface area contributed by atoms with E-state index in [1.54, 1.807) is 12.3 Å². The Labute approximate surface area is 145 Å². The Morgan fingerprint density at radius 2 is 2.00 bits per heavy atom. The molecule has 6 heteroatoms. The van der Waals surface area contributed by atoms with Gasteiger partial charge in [0, 0.05) is 11.3 Å². The molecule has 0 saturated heterocycles. The first-order valence-electron chi connectivity index (χ1n) is 8.44. The summed E-state index contributed by atoms with van der Waals surface area (Å²) in [7, 11) is 0. The van der Waals surface area contributed by atoms with E-state index in [0.29, 0.717) is 5.69 Å². The highest BCUT2D eigenvalue weighted by Gasteiger charge is 2.12. The Balaban J connectivity index is 1.40. The Morgan fingerprint density at radius 1 is 1.16 bits per heavy atom. The molecule has 3 N–H and O–H groups in total. The predicted octanol–water partition coefficient (Wildman–Crippen LogP) is 3.05. The average Bonchev–Trinajstić information content (AvgIpc) is 3.29. The molecule has 1 aliphatic rings. The van der Waals surface area contributed by atoms with Crippen LogP contribution >= 0.6 is 0 Å². The number of aromatic nitrogens is 3. The predicted molar refractivity (Wildman–Crippen MR) is 96.5 cm³/mol. The summed E-state index contributed by atoms with van der Waals surface area (Å²) in [5.74, 6) is -0.317. The molecule has 25 heavy (non-hydrogen) atoms. The second kappa shape index (κ2) is 6.76. The van der Waals surface area contributed by atoms with Gasteiger partial charge in [-0.25, -0.2) is 5.43 Å². The van der Waals surface area contributed by atoms with Gasteiger partial charge in [-0.05, 0) is 43.4 Å². The van der Waals surface area contributed by atoms with E-state index in [-0.39, 0.29) is 5.91 Å². The molecule has 0 radical (unpaired) electrons. The molecule has 1 aliphatic carbocycles. The Hall–Kier alpha value is -3.15. The summed E-state index contributed by atoms with van der Waals surface area (Å²) in [6.07, 6.45) is 6.31. The molecule has 6 nitrogen and oxygen atoms in total. The van der Waals surface area contributed by atoms with E-state index in [1.165, 1.54) is 24.1 Å². The molecule has 0 unspecified atom stereocenters. The average molecular weight is 333 g/mol. The van der Waals surface area contributed by atoms with Crippen molar-refractivity contribution in [3.05, 3.63) is 65.1 Å². The van der Waals surface area contributed by atoms with E-state index >= 15 is 0 Å². The van der Waals surface area contributed by atoms with Crippen LogP contribution in [0.5, 0.6) is 0 Å². The van der Waals surface area contributed by atoms with Gasteiger partial charge in [-0.2, -0.15) is 10.2 Å². The Morgan fingerprint density at radius 3 is 2.84 bits per heavy atom. The summed E-state index contributed by atoms with van der Waals surface area (Å²) < 4.78 is 0. The molecule has 1 aromatic carbocycles. The van der Waals surface area contributed by atoms with Crippen molar-refractivity contribution < 1.29 is 4.79 Å². The molecule has 4 rings (SSSR count). The number of rotatable bonds is 4. The molecule has 0 fully saturated rings. The van der Waals surface area contributed by atoms with Crippen LogP contribution in [0, 0.1) is 0 Å². The first kappa shape index (κ1) is 15.4. The van der Waals surface area contributed by atoms with Gasteiger partial charge in [-0.3, -0.25) is 9.89 Å². The topological polar surface area (TPSA) is 85.9 Å². The standard InChI is InChI=1S/C19H19N5O/c25-19(18-11-17(22-23-18)13-6-2-1-3-7-13)24-20-12-15-10-14-8-4-5-9-16(14)21-15/h1-3,6-7,10-12,21H,4-5,8-9H2,(H,22,23)(H,24,25). The number of H-pyrrole nitrogens is 2. The number of hydrazone groups is 1. The second-order valence-electron chi connectivity index (χ2n) is 6.17. The molecule has 0 bridgehead atoms. The monoisotopic (exact) mass is 333 g/mol. The van der Waals surface area contributed by atoms with Crippen molar-refractivity contribution in [2.45, 2.75) is 25.7 Å². The number of amides is 1. The van der Waals surface area contributed by atoms with Crippen molar-refractivity contribution in [3.8, 4) is 11.3 Å². The number of carbonyl (C=O) groups excluding carboxylic acids is 1. The lowest BCUT2D eigenvalue weighted by Crippen LogP contribution is -2.18. The highest BCUT2D eigenvalue weighted by molar-refractivity contribution is 5.94. The molecular formula is C19H19N5O. The fourth-order valence-corrected chi connectivity index (χ4v) is 3.11. The zero-order valence-corrected chi connectivity index (χ0v) is 13.7. The summed E-state index contributed by atoms with van der Waals surface area (Å²) in [6, 6.07) is 13.5. The van der Waals surface area contributed by atoms with Crippen LogP contribution in [-0.4, -0.2) is 27.3 Å². The summed E-state index contributed by atoms with van der Waals surface area (Å²) in [6.45, 7) is 0. The lowest BCUT2D eigenvalue weighted by Gasteiger charge is -2.08. The maximum atomic E-state index is 12.2. The fraction of sp³-hybridized carbons (Fsp3) is 0.211. The number of benzene rings is 1. The Bertz CT molecular complexity index is 884. The van der Waals surface area contributed by atoms with Gasteiger partial charge < -0.3 is 4.98 Å². The van der Waals surface area contributed by atoms with Crippen molar-refractivity contribution in [1.82, 2.24) is 20.6 Å². The van der Waals surface area contributed by atoms with Gasteiger partial charge in [0.2, 0.25) is 0 Å². The van der Waals surface area contributed by atoms with Crippen molar-refractivity contribution in [2.24, 2.45) is 5.10 Å². The SMILES string of the molecule is O=C(NN=Cc1cc2c([nH]1)CCCC2)c1cc(-c2ccccc2)n[nH]1. The molecule has 0 saturated carbocycles. The highest BCUT2D eigenvalue weighted by atomic mass is 16.2. The summed E-state index contributed by atoms with van der Waals surface area (Å²) in [4.78, 5) is 15.5. The minimum Gasteiger partial charge on any atom is -0.357 e. The quantitative estimate of drug-likeness (QED) is 0.506. The van der Waals surface area contributed by atoms with Crippen LogP contribution in [0.2, 0.25) is 0 Å². The summed E-state index contributed by atoms with van der Waals surface area (Å²) in [5, 5.41) is 11.0. The minimum atomic E-state index is -0.317. The van der Waals surface area contributed by atoms with Crippen LogP contribution < -0.4 is 5.43 Å². The highest BCUT2D eigenvalue weighted by Crippen LogP contribution is 2.21. The fourth-order valence-electron chi connectivity index (χ4n) is 3.11. The number of fused-ring (bicyclic) bond motifs is 1. The number of nitrogens with one attached hydrogen (secondary N) is 3. The van der Waals surface area contributed by atoms with Crippen LogP contribution in [-0.2, 0) is 12.8 Å². The molecule has 2 aromatic heterocycles. The first-order chi connectivity index (χ1) is 12.3. The van der Waals surface area contributed by atoms with E-state index in [1.807, 2.05) is 30.3 Å². The molecule has 1 amide bonds. The molecule has 2 heterocycles. The van der Waals surface area contributed by atoms with E-state index in [2.05, 4.69) is 31.8 Å². The van der Waals surface area contributed by atoms with E-state index in [0.717, 1.165) is 29.8 Å². The number of aryl methyl sites for hydroxylation is 2. The van der Waals surface area contributed by atoms with Gasteiger partial charge in [-0.1, -0.05) is 30.3 Å². The Kier molecular flexibility index (Phi) is 4.16. The lowest BCUT2D eigenvalue weighted by molar-refractivity contribution is 0.0950. The lowest BCUT2D eigenvalue weighted by atomic mass is 9.98. The van der Waals surface area contributed by atoms with Crippen molar-refractivity contribution in [3.63, 3.8) is 0 Å². The zero-order valence-electron chi connectivity index (χ0n) is 13.7. The van der Waals surface area contributed by atoms with E-state index in [4.69, 9.17) is 0 Å². The smallest absolute Gasteiger partial charge is 0.289 e. The van der Waals surface area contributed by atoms with Crippen molar-refractivity contribution >= 4 is 12.1 Å². The number of aromatic amines is 2. The largest absolute Gasteiger partial charge is 0.357 e. The maximum absolute atomic E-state index is 12.2. The molecule has 0 atom stereocenters. The van der Waals surface area contributed by atoms with Crippen LogP contribution in [0.15, 0.2) is 47.6 Å². The van der Waals surface area contributed by atoms with Gasteiger partial charge in [0.15, 0.2) is 0 Å².